The number of nitrogens with two attached hydrogens (primary N) is 1. The van der Waals surface area contributed by atoms with Crippen molar-refractivity contribution >= 4 is 6.41 Å². The van der Waals surface area contributed by atoms with E-state index in [1.165, 1.54) is 12.8 Å². The molecule has 2 nitrogen and oxygen atoms in total. The van der Waals surface area contributed by atoms with E-state index in [1.807, 2.05) is 0 Å². The fourth-order valence-electron chi connectivity index (χ4n) is 0. The van der Waals surface area contributed by atoms with Gasteiger partial charge in [0.2, 0.25) is 6.41 Å². The molecule has 7 heavy (non-hydrogen) atoms. The summed E-state index contributed by atoms with van der Waals surface area (Å²) in [7, 11) is 0. The van der Waals surface area contributed by atoms with Crippen LogP contribution >= 0.6 is 0 Å². The Morgan fingerprint density at radius 2 is 1.57 bits per heavy atom. The van der Waals surface area contributed by atoms with Gasteiger partial charge in [0, 0.05) is 0 Å². The minimum Gasteiger partial charge on any atom is -0.372 e. The van der Waals surface area contributed by atoms with E-state index in [0.29, 0.717) is 0 Å². The summed E-state index contributed by atoms with van der Waals surface area (Å²) in [5.41, 5.74) is 4.17. The first-order valence-electron chi connectivity index (χ1n) is 2.48. The zero-order valence-electron chi connectivity index (χ0n) is 4.98. The summed E-state index contributed by atoms with van der Waals surface area (Å²) >= 11 is 0. The SMILES string of the molecule is CCCC.NC=O. The van der Waals surface area contributed by atoms with Crippen LogP contribution in [0.4, 0.5) is 0 Å². The number of hydrogen-bond acceptors (Lipinski definition) is 1. The lowest BCUT2D eigenvalue weighted by atomic mass is 10.4. The van der Waals surface area contributed by atoms with Crippen LogP contribution in [-0.2, 0) is 4.79 Å². The summed E-state index contributed by atoms with van der Waals surface area (Å²) in [5, 5.41) is 0. The van der Waals surface area contributed by atoms with E-state index in [9.17, 15) is 0 Å². The Morgan fingerprint density at radius 3 is 1.57 bits per heavy atom. The van der Waals surface area contributed by atoms with Gasteiger partial charge < -0.3 is 5.73 Å². The van der Waals surface area contributed by atoms with Gasteiger partial charge in [-0.2, -0.15) is 0 Å². The number of rotatable bonds is 1. The first-order valence-corrected chi connectivity index (χ1v) is 2.48. The lowest BCUT2D eigenvalue weighted by Gasteiger charge is -1.68. The van der Waals surface area contributed by atoms with Gasteiger partial charge in [0.1, 0.15) is 0 Å². The van der Waals surface area contributed by atoms with Crippen molar-refractivity contribution < 1.29 is 4.79 Å². The predicted molar refractivity (Wildman–Crippen MR) is 30.8 cm³/mol. The summed E-state index contributed by atoms with van der Waals surface area (Å²) < 4.78 is 0. The Bertz CT molecular complexity index is 27.3. The topological polar surface area (TPSA) is 43.1 Å². The van der Waals surface area contributed by atoms with Crippen LogP contribution in [-0.4, -0.2) is 6.41 Å². The number of amides is 1. The molecule has 0 radical (unpaired) electrons. The van der Waals surface area contributed by atoms with Crippen LogP contribution < -0.4 is 5.73 Å². The molecule has 2 heteroatoms. The summed E-state index contributed by atoms with van der Waals surface area (Å²) in [6, 6.07) is 0. The predicted octanol–water partition coefficient (Wildman–Crippen LogP) is 0.908. The second kappa shape index (κ2) is 17.9. The van der Waals surface area contributed by atoms with E-state index in [1.54, 1.807) is 0 Å². The maximum atomic E-state index is 8.58. The van der Waals surface area contributed by atoms with Crippen LogP contribution in [0.1, 0.15) is 26.7 Å². The second-order valence-corrected chi connectivity index (χ2v) is 1.14. The van der Waals surface area contributed by atoms with Gasteiger partial charge in [0.05, 0.1) is 0 Å². The second-order valence-electron chi connectivity index (χ2n) is 1.14. The van der Waals surface area contributed by atoms with E-state index in [2.05, 4.69) is 19.6 Å². The van der Waals surface area contributed by atoms with Crippen LogP contribution in [0.25, 0.3) is 0 Å². The van der Waals surface area contributed by atoms with Crippen molar-refractivity contribution in [2.75, 3.05) is 0 Å². The summed E-state index contributed by atoms with van der Waals surface area (Å²) in [4.78, 5) is 8.58. The van der Waals surface area contributed by atoms with Gasteiger partial charge in [0.25, 0.3) is 0 Å². The van der Waals surface area contributed by atoms with Crippen molar-refractivity contribution in [1.29, 1.82) is 0 Å². The maximum absolute atomic E-state index is 8.58. The molecule has 0 aliphatic heterocycles. The molecule has 0 aromatic heterocycles. The summed E-state index contributed by atoms with van der Waals surface area (Å²) in [6.07, 6.45) is 2.89. The highest BCUT2D eigenvalue weighted by Gasteiger charge is 1.56. The van der Waals surface area contributed by atoms with Gasteiger partial charge in [0.15, 0.2) is 0 Å². The molecule has 0 atom stereocenters. The first-order chi connectivity index (χ1) is 3.33. The van der Waals surface area contributed by atoms with Crippen molar-refractivity contribution in [2.45, 2.75) is 26.7 Å². The maximum Gasteiger partial charge on any atom is 0.204 e. The van der Waals surface area contributed by atoms with E-state index in [-0.39, 0.29) is 6.41 Å². The molecule has 0 bridgehead atoms. The van der Waals surface area contributed by atoms with Crippen molar-refractivity contribution in [3.63, 3.8) is 0 Å². The molecule has 0 rings (SSSR count). The quantitative estimate of drug-likeness (QED) is 0.492. The van der Waals surface area contributed by atoms with Gasteiger partial charge in [-0.15, -0.1) is 0 Å². The Hall–Kier alpha value is -0.530. The highest BCUT2D eigenvalue weighted by atomic mass is 16.1. The van der Waals surface area contributed by atoms with Crippen LogP contribution in [0.5, 0.6) is 0 Å². The molecule has 44 valence electrons. The molecule has 0 aliphatic carbocycles. The number of unbranched alkanes of at least 4 members (excludes halogenated alkanes) is 1. The molecular formula is C5H13NO. The van der Waals surface area contributed by atoms with Gasteiger partial charge in [-0.1, -0.05) is 26.7 Å². The van der Waals surface area contributed by atoms with Gasteiger partial charge >= 0.3 is 0 Å². The van der Waals surface area contributed by atoms with Crippen LogP contribution in [0.3, 0.4) is 0 Å². The lowest BCUT2D eigenvalue weighted by molar-refractivity contribution is -0.106. The molecule has 0 saturated heterocycles. The number of carbonyl (C=O) groups is 1. The molecule has 2 N–H and O–H groups in total. The van der Waals surface area contributed by atoms with Crippen molar-refractivity contribution in [3.05, 3.63) is 0 Å². The molecule has 0 unspecified atom stereocenters. The number of primary amides is 1. The fourth-order valence-corrected chi connectivity index (χ4v) is 0. The highest BCUT2D eigenvalue weighted by Crippen LogP contribution is 1.76. The standard InChI is InChI=1S/C4H10.CH3NO/c1-3-4-2;2-1-3/h3-4H2,1-2H3;1H,(H2,2,3). The van der Waals surface area contributed by atoms with E-state index >= 15 is 0 Å². The molecule has 0 heterocycles. The molecule has 0 aromatic carbocycles. The fraction of sp³-hybridized carbons (Fsp3) is 0.800. The third-order valence-corrected chi connectivity index (χ3v) is 0.500. The Balaban J connectivity index is 0. The number of carbonyl (C=O) groups excluding carboxylic acids is 1. The zero-order valence-corrected chi connectivity index (χ0v) is 4.98. The molecule has 0 aliphatic rings. The zero-order chi connectivity index (χ0) is 6.12. The Labute approximate surface area is 44.7 Å². The highest BCUT2D eigenvalue weighted by molar-refractivity contribution is 5.42. The third kappa shape index (κ3) is 298. The molecular weight excluding hydrogens is 90.1 g/mol. The monoisotopic (exact) mass is 103 g/mol. The lowest BCUT2D eigenvalue weighted by Crippen LogP contribution is -1.82. The molecule has 0 saturated carbocycles. The largest absolute Gasteiger partial charge is 0.372 e. The molecule has 1 amide bonds. The smallest absolute Gasteiger partial charge is 0.204 e. The molecule has 0 fully saturated rings. The van der Waals surface area contributed by atoms with Crippen LogP contribution in [0.2, 0.25) is 0 Å². The van der Waals surface area contributed by atoms with Gasteiger partial charge in [-0.25, -0.2) is 0 Å². The normalized spacial score (nSPS) is 6.00. The average Bonchev–Trinajstić information content (AvgIpc) is 1.69. The molecule has 0 aromatic rings. The Morgan fingerprint density at radius 1 is 1.43 bits per heavy atom. The van der Waals surface area contributed by atoms with E-state index in [0.717, 1.165) is 0 Å². The van der Waals surface area contributed by atoms with Gasteiger partial charge in [-0.3, -0.25) is 4.79 Å². The average molecular weight is 103 g/mol. The van der Waals surface area contributed by atoms with Gasteiger partial charge in [-0.05, 0) is 0 Å². The Kier molecular flexibility index (Phi) is 24.8. The minimum absolute atomic E-state index is 0.250. The first kappa shape index (κ1) is 9.69. The van der Waals surface area contributed by atoms with Crippen LogP contribution in [0, 0.1) is 0 Å². The number of hydrogen-bond donors (Lipinski definition) is 1. The minimum atomic E-state index is 0.250. The van der Waals surface area contributed by atoms with Crippen LogP contribution in [0.15, 0.2) is 0 Å². The van der Waals surface area contributed by atoms with Crippen molar-refractivity contribution in [1.82, 2.24) is 0 Å². The summed E-state index contributed by atoms with van der Waals surface area (Å²) in [6.45, 7) is 4.36. The summed E-state index contributed by atoms with van der Waals surface area (Å²) in [5.74, 6) is 0. The third-order valence-electron chi connectivity index (χ3n) is 0.500. The van der Waals surface area contributed by atoms with E-state index < -0.39 is 0 Å². The van der Waals surface area contributed by atoms with E-state index in [4.69, 9.17) is 4.79 Å². The van der Waals surface area contributed by atoms with Crippen molar-refractivity contribution in [2.24, 2.45) is 5.73 Å². The molecule has 0 spiro atoms. The van der Waals surface area contributed by atoms with Crippen molar-refractivity contribution in [3.8, 4) is 0 Å².